The van der Waals surface area contributed by atoms with Crippen LogP contribution < -0.4 is 16.0 Å². The number of nitrogens with one attached hydrogen (secondary N) is 1. The third-order valence-corrected chi connectivity index (χ3v) is 4.85. The van der Waals surface area contributed by atoms with Crippen molar-refractivity contribution in [2.75, 3.05) is 43.9 Å². The quantitative estimate of drug-likeness (QED) is 0.775. The van der Waals surface area contributed by atoms with Gasteiger partial charge in [0, 0.05) is 50.4 Å². The van der Waals surface area contributed by atoms with E-state index in [1.54, 1.807) is 0 Å². The largest absolute Gasteiger partial charge is 0.365 e. The second kappa shape index (κ2) is 10.1. The van der Waals surface area contributed by atoms with E-state index in [2.05, 4.69) is 29.1 Å². The molecule has 0 spiro atoms. The summed E-state index contributed by atoms with van der Waals surface area (Å²) in [6.45, 7) is 9.88. The Morgan fingerprint density at radius 3 is 2.38 bits per heavy atom. The fraction of sp³-hybridized carbons (Fsp3) is 0.706. The molecule has 1 fully saturated rings. The minimum Gasteiger partial charge on any atom is -0.365 e. The molecule has 2 heterocycles. The molecule has 1 aromatic rings. The van der Waals surface area contributed by atoms with Gasteiger partial charge in [-0.25, -0.2) is 4.98 Å². The van der Waals surface area contributed by atoms with E-state index in [0.29, 0.717) is 24.3 Å². The molecule has 26 heavy (non-hydrogen) atoms. The highest BCUT2D eigenvalue weighted by atomic mass is 35.5. The number of likely N-dealkylation sites (tertiary alicyclic amines) is 1. The van der Waals surface area contributed by atoms with Crippen LogP contribution >= 0.6 is 24.8 Å². The normalized spacial score (nSPS) is 19.0. The SMILES string of the molecule is Cc1nc(N(C)C)nc(N[C@H]2CN(C(=O)CN)C[C@@H]2C(C)C)c1C.Cl.Cl. The van der Waals surface area contributed by atoms with Crippen LogP contribution in [-0.4, -0.2) is 60.5 Å². The number of hydrogen-bond donors (Lipinski definition) is 2. The first-order valence-corrected chi connectivity index (χ1v) is 8.51. The smallest absolute Gasteiger partial charge is 0.236 e. The van der Waals surface area contributed by atoms with Crippen LogP contribution in [-0.2, 0) is 4.79 Å². The molecular formula is C17H32Cl2N6O. The van der Waals surface area contributed by atoms with Crippen molar-refractivity contribution in [3.05, 3.63) is 11.3 Å². The molecule has 0 aromatic carbocycles. The van der Waals surface area contributed by atoms with Crippen molar-refractivity contribution in [1.29, 1.82) is 0 Å². The summed E-state index contributed by atoms with van der Waals surface area (Å²) < 4.78 is 0. The molecule has 1 aliphatic heterocycles. The van der Waals surface area contributed by atoms with Gasteiger partial charge in [-0.1, -0.05) is 13.8 Å². The number of carbonyl (C=O) groups excluding carboxylic acids is 1. The summed E-state index contributed by atoms with van der Waals surface area (Å²) >= 11 is 0. The van der Waals surface area contributed by atoms with Crippen LogP contribution in [0.25, 0.3) is 0 Å². The first kappa shape index (κ1) is 24.7. The lowest BCUT2D eigenvalue weighted by molar-refractivity contribution is -0.128. The molecule has 1 aliphatic rings. The van der Waals surface area contributed by atoms with Gasteiger partial charge >= 0.3 is 0 Å². The zero-order valence-electron chi connectivity index (χ0n) is 16.4. The first-order chi connectivity index (χ1) is 11.2. The topological polar surface area (TPSA) is 87.4 Å². The highest BCUT2D eigenvalue weighted by molar-refractivity contribution is 5.85. The number of carbonyl (C=O) groups is 1. The predicted octanol–water partition coefficient (Wildman–Crippen LogP) is 1.86. The molecule has 7 nitrogen and oxygen atoms in total. The van der Waals surface area contributed by atoms with Crippen LogP contribution in [0.4, 0.5) is 11.8 Å². The van der Waals surface area contributed by atoms with Crippen LogP contribution in [0.5, 0.6) is 0 Å². The summed E-state index contributed by atoms with van der Waals surface area (Å²) in [5, 5.41) is 3.57. The van der Waals surface area contributed by atoms with Crippen LogP contribution in [0.2, 0.25) is 0 Å². The van der Waals surface area contributed by atoms with E-state index in [0.717, 1.165) is 23.6 Å². The summed E-state index contributed by atoms with van der Waals surface area (Å²) in [7, 11) is 3.87. The Morgan fingerprint density at radius 2 is 1.88 bits per heavy atom. The van der Waals surface area contributed by atoms with Crippen LogP contribution in [0.3, 0.4) is 0 Å². The maximum absolute atomic E-state index is 12.0. The monoisotopic (exact) mass is 406 g/mol. The lowest BCUT2D eigenvalue weighted by atomic mass is 9.91. The van der Waals surface area contributed by atoms with Crippen molar-refractivity contribution >= 4 is 42.5 Å². The minimum atomic E-state index is 0. The number of rotatable bonds is 5. The van der Waals surface area contributed by atoms with E-state index in [1.165, 1.54) is 0 Å². The van der Waals surface area contributed by atoms with E-state index in [4.69, 9.17) is 5.73 Å². The van der Waals surface area contributed by atoms with Crippen molar-refractivity contribution in [3.8, 4) is 0 Å². The Bertz CT molecular complexity index is 611. The lowest BCUT2D eigenvalue weighted by Crippen LogP contribution is -2.36. The van der Waals surface area contributed by atoms with Gasteiger partial charge in [0.1, 0.15) is 5.82 Å². The Labute approximate surface area is 168 Å². The molecule has 1 saturated heterocycles. The van der Waals surface area contributed by atoms with Gasteiger partial charge in [0.25, 0.3) is 0 Å². The first-order valence-electron chi connectivity index (χ1n) is 8.51. The van der Waals surface area contributed by atoms with E-state index < -0.39 is 0 Å². The zero-order chi connectivity index (χ0) is 18.0. The predicted molar refractivity (Wildman–Crippen MR) is 112 cm³/mol. The van der Waals surface area contributed by atoms with E-state index >= 15 is 0 Å². The Kier molecular flexibility index (Phi) is 9.62. The minimum absolute atomic E-state index is 0. The third-order valence-electron chi connectivity index (χ3n) is 4.85. The maximum atomic E-state index is 12.0. The second-order valence-electron chi connectivity index (χ2n) is 7.14. The highest BCUT2D eigenvalue weighted by Crippen LogP contribution is 2.28. The van der Waals surface area contributed by atoms with Gasteiger partial charge in [-0.3, -0.25) is 4.79 Å². The molecule has 0 bridgehead atoms. The van der Waals surface area contributed by atoms with Gasteiger partial charge in [0.05, 0.1) is 6.54 Å². The average molecular weight is 407 g/mol. The molecule has 0 radical (unpaired) electrons. The molecule has 2 rings (SSSR count). The van der Waals surface area contributed by atoms with Crippen molar-refractivity contribution in [3.63, 3.8) is 0 Å². The van der Waals surface area contributed by atoms with Gasteiger partial charge < -0.3 is 20.9 Å². The lowest BCUT2D eigenvalue weighted by Gasteiger charge is -2.25. The number of aromatic nitrogens is 2. The second-order valence-corrected chi connectivity index (χ2v) is 7.14. The number of aryl methyl sites for hydroxylation is 1. The number of halogens is 2. The molecule has 1 amide bonds. The zero-order valence-corrected chi connectivity index (χ0v) is 18.1. The number of nitrogens with two attached hydrogens (primary N) is 1. The highest BCUT2D eigenvalue weighted by Gasteiger charge is 2.37. The number of nitrogens with zero attached hydrogens (tertiary/aromatic N) is 4. The third kappa shape index (κ3) is 5.34. The van der Waals surface area contributed by atoms with E-state index in [9.17, 15) is 4.79 Å². The van der Waals surface area contributed by atoms with Crippen LogP contribution in [0.15, 0.2) is 0 Å². The van der Waals surface area contributed by atoms with E-state index in [1.807, 2.05) is 37.7 Å². The fourth-order valence-corrected chi connectivity index (χ4v) is 3.12. The van der Waals surface area contributed by atoms with Crippen molar-refractivity contribution in [2.45, 2.75) is 33.7 Å². The Balaban J connectivity index is 0.00000312. The van der Waals surface area contributed by atoms with Crippen molar-refractivity contribution < 1.29 is 4.79 Å². The molecule has 0 aliphatic carbocycles. The molecule has 1 aromatic heterocycles. The summed E-state index contributed by atoms with van der Waals surface area (Å²) in [4.78, 5) is 24.9. The summed E-state index contributed by atoms with van der Waals surface area (Å²) in [6, 6.07) is 0.170. The fourth-order valence-electron chi connectivity index (χ4n) is 3.12. The molecular weight excluding hydrogens is 375 g/mol. The Morgan fingerprint density at radius 1 is 1.27 bits per heavy atom. The van der Waals surface area contributed by atoms with Gasteiger partial charge in [-0.2, -0.15) is 4.98 Å². The number of hydrogen-bond acceptors (Lipinski definition) is 6. The number of amides is 1. The summed E-state index contributed by atoms with van der Waals surface area (Å²) in [6.07, 6.45) is 0. The summed E-state index contributed by atoms with van der Waals surface area (Å²) in [5.41, 5.74) is 7.54. The standard InChI is InChI=1S/C17H30N6O.2ClH/c1-10(2)13-8-23(15(24)7-18)9-14(13)20-16-11(3)12(4)19-17(21-16)22(5)6;;/h10,13-14H,7-9,18H2,1-6H3,(H,19,20,21);2*1H/t13-,14+;;/m1../s1. The van der Waals surface area contributed by atoms with Crippen molar-refractivity contribution in [2.24, 2.45) is 17.6 Å². The molecule has 9 heteroatoms. The van der Waals surface area contributed by atoms with Gasteiger partial charge in [0.2, 0.25) is 11.9 Å². The molecule has 150 valence electrons. The van der Waals surface area contributed by atoms with Crippen LogP contribution in [0.1, 0.15) is 25.1 Å². The summed E-state index contributed by atoms with van der Waals surface area (Å²) in [5.74, 6) is 2.39. The van der Waals surface area contributed by atoms with Gasteiger partial charge in [-0.05, 0) is 19.8 Å². The van der Waals surface area contributed by atoms with Crippen LogP contribution in [0, 0.1) is 25.7 Å². The Hall–Kier alpha value is -1.31. The maximum Gasteiger partial charge on any atom is 0.236 e. The van der Waals surface area contributed by atoms with Gasteiger partial charge in [-0.15, -0.1) is 24.8 Å². The van der Waals surface area contributed by atoms with Gasteiger partial charge in [0.15, 0.2) is 0 Å². The van der Waals surface area contributed by atoms with E-state index in [-0.39, 0.29) is 43.3 Å². The molecule has 0 unspecified atom stereocenters. The molecule has 0 saturated carbocycles. The molecule has 2 atom stereocenters. The van der Waals surface area contributed by atoms with Crippen molar-refractivity contribution in [1.82, 2.24) is 14.9 Å². The average Bonchev–Trinajstić information content (AvgIpc) is 2.94. The molecule has 3 N–H and O–H groups in total. The number of anilines is 2.